The van der Waals surface area contributed by atoms with Gasteiger partial charge in [0, 0.05) is 22.1 Å². The van der Waals surface area contributed by atoms with E-state index in [9.17, 15) is 9.59 Å². The Labute approximate surface area is 204 Å². The van der Waals surface area contributed by atoms with Crippen LogP contribution in [-0.4, -0.2) is 35.4 Å². The largest absolute Gasteiger partial charge is 0.484 e. The van der Waals surface area contributed by atoms with Crippen LogP contribution in [0.25, 0.3) is 0 Å². The van der Waals surface area contributed by atoms with Crippen molar-refractivity contribution in [3.05, 3.63) is 62.6 Å². The first-order chi connectivity index (χ1) is 15.2. The fraction of sp³-hybridized carbons (Fsp3) is 0.440. The van der Waals surface area contributed by atoms with Crippen LogP contribution in [0.4, 0.5) is 0 Å². The first-order valence-electron chi connectivity index (χ1n) is 10.9. The van der Waals surface area contributed by atoms with Crippen molar-refractivity contribution in [1.29, 1.82) is 0 Å². The molecule has 5 nitrogen and oxygen atoms in total. The molecule has 32 heavy (non-hydrogen) atoms. The predicted molar refractivity (Wildman–Crippen MR) is 133 cm³/mol. The van der Waals surface area contributed by atoms with E-state index in [4.69, 9.17) is 16.3 Å². The van der Waals surface area contributed by atoms with Crippen LogP contribution in [0.15, 0.2) is 40.9 Å². The average molecular weight is 524 g/mol. The minimum atomic E-state index is -0.621. The Balaban J connectivity index is 2.26. The predicted octanol–water partition coefficient (Wildman–Crippen LogP) is 5.82. The van der Waals surface area contributed by atoms with Gasteiger partial charge in [0.15, 0.2) is 6.61 Å². The van der Waals surface area contributed by atoms with E-state index in [0.717, 1.165) is 27.6 Å². The Kier molecular flexibility index (Phi) is 10.0. The summed E-state index contributed by atoms with van der Waals surface area (Å²) in [6, 6.07) is 10.5. The molecule has 0 radical (unpaired) electrons. The minimum absolute atomic E-state index is 0.0266. The lowest BCUT2D eigenvalue weighted by molar-refractivity contribution is -0.143. The summed E-state index contributed by atoms with van der Waals surface area (Å²) in [6.45, 7) is 9.87. The van der Waals surface area contributed by atoms with Crippen molar-refractivity contribution in [1.82, 2.24) is 10.2 Å². The molecule has 0 heterocycles. The third-order valence-electron chi connectivity index (χ3n) is 5.46. The van der Waals surface area contributed by atoms with Crippen molar-refractivity contribution >= 4 is 39.3 Å². The molecule has 0 saturated carbocycles. The third kappa shape index (κ3) is 6.97. The van der Waals surface area contributed by atoms with E-state index in [0.29, 0.717) is 17.2 Å². The van der Waals surface area contributed by atoms with Crippen LogP contribution >= 0.6 is 27.5 Å². The van der Waals surface area contributed by atoms with E-state index >= 15 is 0 Å². The van der Waals surface area contributed by atoms with Gasteiger partial charge in [-0.05, 0) is 68.5 Å². The Morgan fingerprint density at radius 1 is 1.12 bits per heavy atom. The maximum atomic E-state index is 13.3. The highest BCUT2D eigenvalue weighted by atomic mass is 79.9. The lowest BCUT2D eigenvalue weighted by Crippen LogP contribution is -2.51. The molecule has 1 N–H and O–H groups in total. The highest BCUT2D eigenvalue weighted by molar-refractivity contribution is 9.10. The average Bonchev–Trinajstić information content (AvgIpc) is 2.76. The fourth-order valence-corrected chi connectivity index (χ4v) is 3.81. The van der Waals surface area contributed by atoms with Crippen LogP contribution in [0.2, 0.25) is 5.02 Å². The second-order valence-corrected chi connectivity index (χ2v) is 9.21. The fourth-order valence-electron chi connectivity index (χ4n) is 3.39. The highest BCUT2D eigenvalue weighted by Crippen LogP contribution is 2.26. The molecule has 0 aliphatic heterocycles. The smallest absolute Gasteiger partial charge is 0.261 e. The number of amides is 2. The van der Waals surface area contributed by atoms with E-state index < -0.39 is 6.04 Å². The summed E-state index contributed by atoms with van der Waals surface area (Å²) in [5, 5.41) is 3.56. The van der Waals surface area contributed by atoms with Crippen LogP contribution in [-0.2, 0) is 16.1 Å². The van der Waals surface area contributed by atoms with Crippen molar-refractivity contribution in [2.75, 3.05) is 6.61 Å². The number of nitrogens with zero attached hydrogens (tertiary/aromatic N) is 1. The summed E-state index contributed by atoms with van der Waals surface area (Å²) in [5.41, 5.74) is 2.84. The number of halogens is 2. The molecule has 0 bridgehead atoms. The molecule has 7 heteroatoms. The van der Waals surface area contributed by atoms with Gasteiger partial charge in [0.25, 0.3) is 5.91 Å². The van der Waals surface area contributed by atoms with Gasteiger partial charge in [-0.2, -0.15) is 0 Å². The summed E-state index contributed by atoms with van der Waals surface area (Å²) >= 11 is 9.90. The van der Waals surface area contributed by atoms with Gasteiger partial charge < -0.3 is 15.0 Å². The zero-order chi connectivity index (χ0) is 23.8. The molecule has 0 aromatic heterocycles. The number of benzene rings is 2. The second-order valence-electron chi connectivity index (χ2n) is 8.01. The molecular formula is C25H32BrClN2O3. The SMILES string of the molecule is CC[C@@H](C)NC(=O)[C@@H](CC)N(Cc1ccccc1Cl)C(=O)COc1cc(C)c(Br)c(C)c1. The number of hydrogen-bond acceptors (Lipinski definition) is 3. The lowest BCUT2D eigenvalue weighted by Gasteiger charge is -2.31. The summed E-state index contributed by atoms with van der Waals surface area (Å²) in [7, 11) is 0. The standard InChI is InChI=1S/C25H32BrClN2O3/c1-6-18(5)28-25(31)22(7-2)29(14-19-10-8-9-11-21(19)27)23(30)15-32-20-12-16(3)24(26)17(4)13-20/h8-13,18,22H,6-7,14-15H2,1-5H3,(H,28,31)/t18-,22-/m1/s1. The van der Waals surface area contributed by atoms with Crippen LogP contribution in [0.1, 0.15) is 50.3 Å². The van der Waals surface area contributed by atoms with Crippen molar-refractivity contribution < 1.29 is 14.3 Å². The van der Waals surface area contributed by atoms with Crippen LogP contribution in [0.5, 0.6) is 5.75 Å². The molecule has 0 aliphatic rings. The van der Waals surface area contributed by atoms with E-state index in [2.05, 4.69) is 21.2 Å². The Hall–Kier alpha value is -2.05. The topological polar surface area (TPSA) is 58.6 Å². The maximum absolute atomic E-state index is 13.3. The molecular weight excluding hydrogens is 492 g/mol. The number of ether oxygens (including phenoxy) is 1. The minimum Gasteiger partial charge on any atom is -0.484 e. The van der Waals surface area contributed by atoms with E-state index in [1.807, 2.05) is 65.0 Å². The Morgan fingerprint density at radius 3 is 2.31 bits per heavy atom. The first kappa shape index (κ1) is 26.2. The highest BCUT2D eigenvalue weighted by Gasteiger charge is 2.30. The second kappa shape index (κ2) is 12.3. The van der Waals surface area contributed by atoms with E-state index in [1.54, 1.807) is 11.0 Å². The van der Waals surface area contributed by atoms with Gasteiger partial charge in [-0.15, -0.1) is 0 Å². The Bertz CT molecular complexity index is 928. The lowest BCUT2D eigenvalue weighted by atomic mass is 10.1. The van der Waals surface area contributed by atoms with Crippen molar-refractivity contribution in [2.45, 2.75) is 66.1 Å². The number of hydrogen-bond donors (Lipinski definition) is 1. The van der Waals surface area contributed by atoms with Gasteiger partial charge in [-0.1, -0.05) is 59.6 Å². The van der Waals surface area contributed by atoms with E-state index in [1.165, 1.54) is 0 Å². The summed E-state index contributed by atoms with van der Waals surface area (Å²) in [4.78, 5) is 27.8. The molecule has 2 atom stereocenters. The zero-order valence-corrected chi connectivity index (χ0v) is 21.7. The molecule has 2 aromatic rings. The van der Waals surface area contributed by atoms with Gasteiger partial charge in [-0.3, -0.25) is 9.59 Å². The number of aryl methyl sites for hydroxylation is 2. The molecule has 0 spiro atoms. The van der Waals surface area contributed by atoms with Gasteiger partial charge >= 0.3 is 0 Å². The number of rotatable bonds is 10. The third-order valence-corrected chi connectivity index (χ3v) is 7.08. The number of carbonyl (C=O) groups is 2. The monoisotopic (exact) mass is 522 g/mol. The quantitative estimate of drug-likeness (QED) is 0.427. The number of nitrogens with one attached hydrogen (secondary N) is 1. The zero-order valence-electron chi connectivity index (χ0n) is 19.4. The normalized spacial score (nSPS) is 12.7. The summed E-state index contributed by atoms with van der Waals surface area (Å²) < 4.78 is 6.85. The first-order valence-corrected chi connectivity index (χ1v) is 12.1. The van der Waals surface area contributed by atoms with Gasteiger partial charge in [0.1, 0.15) is 11.8 Å². The van der Waals surface area contributed by atoms with E-state index in [-0.39, 0.29) is 31.0 Å². The molecule has 174 valence electrons. The summed E-state index contributed by atoms with van der Waals surface area (Å²) in [5.74, 6) is 0.179. The van der Waals surface area contributed by atoms with Crippen molar-refractivity contribution in [3.8, 4) is 5.75 Å². The van der Waals surface area contributed by atoms with Crippen LogP contribution in [0.3, 0.4) is 0 Å². The van der Waals surface area contributed by atoms with Crippen LogP contribution in [0, 0.1) is 13.8 Å². The molecule has 0 saturated heterocycles. The molecule has 2 rings (SSSR count). The molecule has 0 aliphatic carbocycles. The molecule has 0 unspecified atom stereocenters. The van der Waals surface area contributed by atoms with Gasteiger partial charge in [-0.25, -0.2) is 0 Å². The molecule has 2 amide bonds. The molecule has 2 aromatic carbocycles. The maximum Gasteiger partial charge on any atom is 0.261 e. The van der Waals surface area contributed by atoms with Gasteiger partial charge in [0.2, 0.25) is 5.91 Å². The van der Waals surface area contributed by atoms with Gasteiger partial charge in [0.05, 0.1) is 0 Å². The van der Waals surface area contributed by atoms with Crippen molar-refractivity contribution in [2.24, 2.45) is 0 Å². The van der Waals surface area contributed by atoms with Crippen molar-refractivity contribution in [3.63, 3.8) is 0 Å². The van der Waals surface area contributed by atoms with Crippen LogP contribution < -0.4 is 10.1 Å². The summed E-state index contributed by atoms with van der Waals surface area (Å²) in [6.07, 6.45) is 1.29. The molecule has 0 fully saturated rings. The Morgan fingerprint density at radius 2 is 1.75 bits per heavy atom. The number of carbonyl (C=O) groups excluding carboxylic acids is 2.